The maximum Gasteiger partial charge on any atom is 0.290 e. The van der Waals surface area contributed by atoms with Crippen LogP contribution >= 0.6 is 0 Å². The predicted molar refractivity (Wildman–Crippen MR) is 188 cm³/mol. The number of carboxylic acid groups (broad SMARTS) is 1. The van der Waals surface area contributed by atoms with E-state index < -0.39 is 11.9 Å². The van der Waals surface area contributed by atoms with Crippen molar-refractivity contribution in [2.45, 2.75) is 63.5 Å². The van der Waals surface area contributed by atoms with Crippen molar-refractivity contribution < 1.29 is 29.1 Å². The number of hydrogen-bond acceptors (Lipinski definition) is 8. The molecular weight excluding hydrogens is 640 g/mol. The van der Waals surface area contributed by atoms with Crippen molar-refractivity contribution in [1.82, 2.24) is 35.7 Å². The van der Waals surface area contributed by atoms with Gasteiger partial charge in [-0.2, -0.15) is 0 Å². The largest absolute Gasteiger partial charge is 0.483 e. The van der Waals surface area contributed by atoms with Crippen molar-refractivity contribution in [2.24, 2.45) is 5.92 Å². The van der Waals surface area contributed by atoms with E-state index in [1.807, 2.05) is 30.5 Å². The van der Waals surface area contributed by atoms with Gasteiger partial charge in [0, 0.05) is 55.7 Å². The summed E-state index contributed by atoms with van der Waals surface area (Å²) in [5.74, 6) is -0.493. The van der Waals surface area contributed by atoms with E-state index >= 15 is 0 Å². The van der Waals surface area contributed by atoms with Crippen molar-refractivity contribution in [3.8, 4) is 0 Å². The molecule has 6 rings (SSSR count). The minimum Gasteiger partial charge on any atom is -0.483 e. The molecule has 50 heavy (non-hydrogen) atoms. The molecule has 1 aromatic carbocycles. The number of hydrogen-bond donors (Lipinski definition) is 6. The van der Waals surface area contributed by atoms with E-state index in [4.69, 9.17) is 9.90 Å². The Morgan fingerprint density at radius 2 is 1.66 bits per heavy atom. The average Bonchev–Trinajstić information content (AvgIpc) is 3.54. The zero-order valence-electron chi connectivity index (χ0n) is 28.4. The number of carbonyl (C=O) groups excluding carboxylic acids is 4. The first-order valence-electron chi connectivity index (χ1n) is 17.6. The van der Waals surface area contributed by atoms with Crippen LogP contribution < -0.4 is 21.3 Å². The fourth-order valence-corrected chi connectivity index (χ4v) is 7.25. The van der Waals surface area contributed by atoms with Gasteiger partial charge in [-0.25, -0.2) is 4.98 Å². The lowest BCUT2D eigenvalue weighted by atomic mass is 9.82. The molecule has 268 valence electrons. The summed E-state index contributed by atoms with van der Waals surface area (Å²) in [7, 11) is 0. The van der Waals surface area contributed by atoms with Crippen molar-refractivity contribution in [3.05, 3.63) is 59.9 Å². The third-order valence-electron chi connectivity index (χ3n) is 9.66. The summed E-state index contributed by atoms with van der Waals surface area (Å²) in [5.41, 5.74) is 2.07. The van der Waals surface area contributed by atoms with Crippen LogP contribution in [0.3, 0.4) is 0 Å². The summed E-state index contributed by atoms with van der Waals surface area (Å²) in [6.45, 7) is 3.39. The van der Waals surface area contributed by atoms with Crippen molar-refractivity contribution >= 4 is 46.8 Å². The number of para-hydroxylation sites is 1. The fourth-order valence-electron chi connectivity index (χ4n) is 7.25. The zero-order chi connectivity index (χ0) is 35.3. The number of aromatic amines is 1. The number of nitrogens with zero attached hydrogens (tertiary/aromatic N) is 3. The van der Waals surface area contributed by atoms with Crippen LogP contribution in [-0.4, -0.2) is 113 Å². The molecule has 0 aliphatic carbocycles. The molecule has 14 nitrogen and oxygen atoms in total. The van der Waals surface area contributed by atoms with Crippen LogP contribution in [0.5, 0.6) is 0 Å². The van der Waals surface area contributed by atoms with Gasteiger partial charge in [-0.05, 0) is 75.4 Å². The van der Waals surface area contributed by atoms with E-state index in [0.717, 1.165) is 55.2 Å². The normalized spacial score (nSPS) is 22.8. The molecule has 2 bridgehead atoms. The second-order valence-electron chi connectivity index (χ2n) is 13.0. The molecule has 0 spiro atoms. The summed E-state index contributed by atoms with van der Waals surface area (Å²) in [5, 5.41) is 19.9. The van der Waals surface area contributed by atoms with Crippen LogP contribution in [0.4, 0.5) is 5.82 Å². The molecule has 5 heterocycles. The number of fused-ring (bicyclic) bond motifs is 4. The Bertz CT molecular complexity index is 1630. The lowest BCUT2D eigenvalue weighted by molar-refractivity contribution is -0.143. The fraction of sp³-hybridized carbons (Fsp3) is 0.500. The standard InChI is InChI=1S/C35H46N8O4.CH2O2/c44-32-23-43(35(47)26-10-8-20-42-18-5-3-13-30(26)42)19-6-4-15-38-33(45)29(21-24-22-39-27-11-2-1-9-25(24)27)41-34(46)28-12-7-14-31(40-28)36-16-17-37-32;2-1-3/h1-2,7,9,11-12,14,22,26,29-30,39H,3-6,8,10,13,15-21,23H2,(H,36,40)(H,37,44)(H,38,45)(H,41,46);1H,(H,2,3)/t26-,29?,30-;/m1./s1. The number of amides is 4. The van der Waals surface area contributed by atoms with Gasteiger partial charge in [0.15, 0.2) is 0 Å². The molecule has 1 unspecified atom stereocenters. The number of carbonyl (C=O) groups is 5. The molecule has 3 aromatic rings. The number of nitrogens with one attached hydrogen (secondary N) is 5. The highest BCUT2D eigenvalue weighted by molar-refractivity contribution is 5.97. The molecule has 3 aliphatic heterocycles. The van der Waals surface area contributed by atoms with E-state index in [1.54, 1.807) is 23.1 Å². The quantitative estimate of drug-likeness (QED) is 0.224. The lowest BCUT2D eigenvalue weighted by Gasteiger charge is -2.44. The lowest BCUT2D eigenvalue weighted by Crippen LogP contribution is -2.54. The molecule has 2 fully saturated rings. The van der Waals surface area contributed by atoms with E-state index in [9.17, 15) is 19.2 Å². The first-order valence-corrected chi connectivity index (χ1v) is 17.6. The smallest absolute Gasteiger partial charge is 0.290 e. The molecule has 6 N–H and O–H groups in total. The maximum atomic E-state index is 14.0. The number of pyridine rings is 1. The SMILES string of the molecule is O=C1CN(C(=O)[C@@H]2CCCN3CCCC[C@H]23)CCCCNC(=O)C(Cc2c[nH]c3ccccc23)NC(=O)c2cccc(n2)NCCN1.O=CO. The summed E-state index contributed by atoms with van der Waals surface area (Å²) in [4.78, 5) is 74.2. The highest BCUT2D eigenvalue weighted by Crippen LogP contribution is 2.32. The number of rotatable bonds is 3. The number of aromatic nitrogens is 2. The molecule has 4 amide bonds. The maximum absolute atomic E-state index is 14.0. The van der Waals surface area contributed by atoms with Gasteiger partial charge in [-0.15, -0.1) is 0 Å². The third kappa shape index (κ3) is 9.59. The van der Waals surface area contributed by atoms with Gasteiger partial charge in [0.05, 0.1) is 12.5 Å². The van der Waals surface area contributed by atoms with Crippen LogP contribution in [0.2, 0.25) is 0 Å². The minimum atomic E-state index is -0.827. The Balaban J connectivity index is 0.00000156. The summed E-state index contributed by atoms with van der Waals surface area (Å²) >= 11 is 0. The molecule has 14 heteroatoms. The minimum absolute atomic E-state index is 0.00721. The molecule has 0 saturated carbocycles. The molecule has 3 atom stereocenters. The molecule has 2 saturated heterocycles. The van der Waals surface area contributed by atoms with Gasteiger partial charge in [0.1, 0.15) is 17.6 Å². The zero-order valence-corrected chi connectivity index (χ0v) is 28.4. The number of H-pyrrole nitrogens is 1. The molecule has 2 aromatic heterocycles. The van der Waals surface area contributed by atoms with Crippen LogP contribution in [-0.2, 0) is 25.6 Å². The van der Waals surface area contributed by atoms with E-state index in [-0.39, 0.29) is 48.4 Å². The first-order chi connectivity index (χ1) is 24.4. The van der Waals surface area contributed by atoms with Gasteiger partial charge in [0.2, 0.25) is 17.7 Å². The van der Waals surface area contributed by atoms with Crippen LogP contribution in [0.1, 0.15) is 61.0 Å². The summed E-state index contributed by atoms with van der Waals surface area (Å²) in [6.07, 6.45) is 8.63. The highest BCUT2D eigenvalue weighted by atomic mass is 16.3. The summed E-state index contributed by atoms with van der Waals surface area (Å²) < 4.78 is 0. The van der Waals surface area contributed by atoms with Crippen molar-refractivity contribution in [2.75, 3.05) is 51.1 Å². The monoisotopic (exact) mass is 688 g/mol. The van der Waals surface area contributed by atoms with Gasteiger partial charge in [0.25, 0.3) is 12.4 Å². The van der Waals surface area contributed by atoms with Gasteiger partial charge in [-0.3, -0.25) is 28.9 Å². The first kappa shape index (κ1) is 36.3. The van der Waals surface area contributed by atoms with Gasteiger partial charge >= 0.3 is 0 Å². The Morgan fingerprint density at radius 1 is 0.880 bits per heavy atom. The summed E-state index contributed by atoms with van der Waals surface area (Å²) in [6, 6.07) is 12.4. The topological polar surface area (TPSA) is 189 Å². The molecule has 0 radical (unpaired) electrons. The Hall–Kier alpha value is -4.98. The number of piperidine rings is 2. The predicted octanol–water partition coefficient (Wildman–Crippen LogP) is 2.14. The molecular formula is C36H48N8O6. The van der Waals surface area contributed by atoms with Crippen LogP contribution in [0.15, 0.2) is 48.7 Å². The van der Waals surface area contributed by atoms with Crippen molar-refractivity contribution in [3.63, 3.8) is 0 Å². The van der Waals surface area contributed by atoms with Gasteiger partial charge < -0.3 is 36.3 Å². The Kier molecular flexibility index (Phi) is 13.2. The Morgan fingerprint density at radius 3 is 2.52 bits per heavy atom. The third-order valence-corrected chi connectivity index (χ3v) is 9.66. The van der Waals surface area contributed by atoms with Crippen molar-refractivity contribution in [1.29, 1.82) is 0 Å². The second-order valence-corrected chi connectivity index (χ2v) is 13.0. The average molecular weight is 689 g/mol. The van der Waals surface area contributed by atoms with E-state index in [2.05, 4.69) is 36.1 Å². The van der Waals surface area contributed by atoms with E-state index in [1.165, 1.54) is 6.42 Å². The van der Waals surface area contributed by atoms with Crippen LogP contribution in [0.25, 0.3) is 10.9 Å². The second kappa shape index (κ2) is 18.1. The van der Waals surface area contributed by atoms with Crippen LogP contribution in [0, 0.1) is 5.92 Å². The molecule has 3 aliphatic rings. The van der Waals surface area contributed by atoms with Gasteiger partial charge in [-0.1, -0.05) is 30.7 Å². The Labute approximate surface area is 291 Å². The highest BCUT2D eigenvalue weighted by Gasteiger charge is 2.39. The number of benzene rings is 1. The van der Waals surface area contributed by atoms with E-state index in [0.29, 0.717) is 51.3 Å². The number of anilines is 1.